The lowest BCUT2D eigenvalue weighted by molar-refractivity contribution is 0.0926. The van der Waals surface area contributed by atoms with E-state index in [4.69, 9.17) is 0 Å². The van der Waals surface area contributed by atoms with Crippen molar-refractivity contribution < 1.29 is 9.59 Å². The summed E-state index contributed by atoms with van der Waals surface area (Å²) in [6, 6.07) is 48.6. The molecular formula is C50H34N4O2. The average Bonchev–Trinajstić information content (AvgIpc) is 3.70. The van der Waals surface area contributed by atoms with Crippen LogP contribution in [0.25, 0.3) is 72.0 Å². The van der Waals surface area contributed by atoms with E-state index in [0.717, 1.165) is 77.4 Å². The van der Waals surface area contributed by atoms with Gasteiger partial charge in [0, 0.05) is 41.1 Å². The number of rotatable bonds is 6. The first-order valence-corrected chi connectivity index (χ1v) is 18.6. The Morgan fingerprint density at radius 2 is 1.00 bits per heavy atom. The Morgan fingerprint density at radius 1 is 0.429 bits per heavy atom. The third-order valence-corrected chi connectivity index (χ3v) is 11.0. The molecular weight excluding hydrogens is 689 g/mol. The van der Waals surface area contributed by atoms with E-state index in [1.165, 1.54) is 4.90 Å². The van der Waals surface area contributed by atoms with Crippen molar-refractivity contribution in [2.24, 2.45) is 0 Å². The predicted molar refractivity (Wildman–Crippen MR) is 225 cm³/mol. The van der Waals surface area contributed by atoms with Crippen LogP contribution in [0.5, 0.6) is 0 Å². The molecule has 2 amide bonds. The Kier molecular flexibility index (Phi) is 7.78. The third kappa shape index (κ3) is 5.26. The van der Waals surface area contributed by atoms with E-state index in [1.54, 1.807) is 6.07 Å². The van der Waals surface area contributed by atoms with Gasteiger partial charge in [-0.25, -0.2) is 4.90 Å². The molecule has 266 valence electrons. The summed E-state index contributed by atoms with van der Waals surface area (Å²) in [5.41, 5.74) is 13.8. The summed E-state index contributed by atoms with van der Waals surface area (Å²) in [6.07, 6.45) is 7.37. The van der Waals surface area contributed by atoms with Gasteiger partial charge in [0.05, 0.1) is 33.5 Å². The normalized spacial score (nSPS) is 12.5. The SMILES string of the molecule is Cc1cnccc1-c1ccc2c3ccc(-c4ccncc4C)cc3n(-c3cccc4c3C(=O)N(c3cc(-c5ccccc5)ccc3-c3ccccc3)C4=O)c2c1. The van der Waals surface area contributed by atoms with Crippen LogP contribution in [0.1, 0.15) is 31.8 Å². The summed E-state index contributed by atoms with van der Waals surface area (Å²) in [4.78, 5) is 39.9. The molecule has 0 spiro atoms. The lowest BCUT2D eigenvalue weighted by Crippen LogP contribution is -2.30. The molecule has 56 heavy (non-hydrogen) atoms. The van der Waals surface area contributed by atoms with Crippen LogP contribution < -0.4 is 4.90 Å². The molecule has 0 saturated heterocycles. The van der Waals surface area contributed by atoms with Crippen molar-refractivity contribution in [2.45, 2.75) is 13.8 Å². The number of hydrogen-bond acceptors (Lipinski definition) is 4. The fraction of sp³-hybridized carbons (Fsp3) is 0.0400. The van der Waals surface area contributed by atoms with Crippen molar-refractivity contribution in [3.8, 4) is 50.2 Å². The Balaban J connectivity index is 1.22. The second-order valence-corrected chi connectivity index (χ2v) is 14.3. The van der Waals surface area contributed by atoms with Crippen molar-refractivity contribution in [1.29, 1.82) is 0 Å². The Morgan fingerprint density at radius 3 is 1.59 bits per heavy atom. The topological polar surface area (TPSA) is 68.1 Å². The molecule has 0 N–H and O–H groups in total. The molecule has 10 rings (SSSR count). The number of aromatic nitrogens is 3. The minimum atomic E-state index is -0.361. The number of imide groups is 1. The van der Waals surface area contributed by atoms with Gasteiger partial charge in [-0.15, -0.1) is 0 Å². The smallest absolute Gasteiger partial charge is 0.268 e. The van der Waals surface area contributed by atoms with Crippen LogP contribution in [0.3, 0.4) is 0 Å². The molecule has 6 nitrogen and oxygen atoms in total. The zero-order valence-corrected chi connectivity index (χ0v) is 30.8. The number of carbonyl (C=O) groups excluding carboxylic acids is 2. The third-order valence-electron chi connectivity index (χ3n) is 11.0. The first kappa shape index (κ1) is 33.2. The number of amides is 2. The molecule has 0 radical (unpaired) electrons. The van der Waals surface area contributed by atoms with Crippen LogP contribution in [0.15, 0.2) is 170 Å². The summed E-state index contributed by atoms with van der Waals surface area (Å²) >= 11 is 0. The fourth-order valence-electron chi connectivity index (χ4n) is 8.27. The second-order valence-electron chi connectivity index (χ2n) is 14.3. The van der Waals surface area contributed by atoms with E-state index in [1.807, 2.05) is 128 Å². The van der Waals surface area contributed by atoms with Gasteiger partial charge < -0.3 is 4.57 Å². The number of pyridine rings is 2. The van der Waals surface area contributed by atoms with E-state index >= 15 is 4.79 Å². The van der Waals surface area contributed by atoms with Crippen LogP contribution in [-0.2, 0) is 0 Å². The molecule has 9 aromatic rings. The number of benzene rings is 6. The molecule has 0 atom stereocenters. The van der Waals surface area contributed by atoms with Gasteiger partial charge in [0.15, 0.2) is 0 Å². The van der Waals surface area contributed by atoms with Gasteiger partial charge in [-0.1, -0.05) is 103 Å². The number of hydrogen-bond donors (Lipinski definition) is 0. The molecule has 0 saturated carbocycles. The van der Waals surface area contributed by atoms with Crippen molar-refractivity contribution in [2.75, 3.05) is 4.90 Å². The van der Waals surface area contributed by atoms with Crippen LogP contribution in [0, 0.1) is 13.8 Å². The zero-order chi connectivity index (χ0) is 37.9. The van der Waals surface area contributed by atoms with E-state index in [-0.39, 0.29) is 11.8 Å². The molecule has 0 bridgehead atoms. The predicted octanol–water partition coefficient (Wildman–Crippen LogP) is 11.7. The monoisotopic (exact) mass is 722 g/mol. The Bertz CT molecular complexity index is 2940. The Labute approximate surface area is 324 Å². The molecule has 0 fully saturated rings. The maximum absolute atomic E-state index is 15.2. The van der Waals surface area contributed by atoms with Crippen molar-refractivity contribution >= 4 is 39.3 Å². The average molecular weight is 723 g/mol. The molecule has 6 heteroatoms. The highest BCUT2D eigenvalue weighted by Gasteiger charge is 2.40. The van der Waals surface area contributed by atoms with Crippen molar-refractivity contribution in [3.63, 3.8) is 0 Å². The highest BCUT2D eigenvalue weighted by Crippen LogP contribution is 2.43. The molecule has 1 aliphatic heterocycles. The summed E-state index contributed by atoms with van der Waals surface area (Å²) in [6.45, 7) is 4.12. The van der Waals surface area contributed by atoms with E-state index in [9.17, 15) is 4.79 Å². The highest BCUT2D eigenvalue weighted by atomic mass is 16.2. The van der Waals surface area contributed by atoms with Crippen LogP contribution in [0.2, 0.25) is 0 Å². The van der Waals surface area contributed by atoms with Crippen LogP contribution in [-0.4, -0.2) is 26.3 Å². The van der Waals surface area contributed by atoms with Gasteiger partial charge >= 0.3 is 0 Å². The van der Waals surface area contributed by atoms with Crippen molar-refractivity contribution in [1.82, 2.24) is 14.5 Å². The fourth-order valence-corrected chi connectivity index (χ4v) is 8.27. The highest BCUT2D eigenvalue weighted by molar-refractivity contribution is 6.36. The van der Waals surface area contributed by atoms with Gasteiger partial charge in [-0.2, -0.15) is 0 Å². The van der Waals surface area contributed by atoms with Crippen molar-refractivity contribution in [3.05, 3.63) is 193 Å². The molecule has 6 aromatic carbocycles. The molecule has 1 aliphatic rings. The summed E-state index contributed by atoms with van der Waals surface area (Å²) in [7, 11) is 0. The number of aryl methyl sites for hydroxylation is 2. The number of anilines is 1. The number of carbonyl (C=O) groups is 2. The first-order chi connectivity index (χ1) is 27.5. The minimum absolute atomic E-state index is 0.351. The summed E-state index contributed by atoms with van der Waals surface area (Å²) in [5, 5.41) is 2.09. The van der Waals surface area contributed by atoms with Gasteiger partial charge in [-0.05, 0) is 106 Å². The van der Waals surface area contributed by atoms with Crippen LogP contribution >= 0.6 is 0 Å². The van der Waals surface area contributed by atoms with E-state index in [0.29, 0.717) is 22.5 Å². The second kappa shape index (κ2) is 13.1. The lowest BCUT2D eigenvalue weighted by atomic mass is 9.97. The quantitative estimate of drug-likeness (QED) is 0.160. The van der Waals surface area contributed by atoms with Gasteiger partial charge in [-0.3, -0.25) is 19.6 Å². The number of fused-ring (bicyclic) bond motifs is 4. The Hall–Kier alpha value is -7.44. The van der Waals surface area contributed by atoms with E-state index in [2.05, 4.69) is 64.8 Å². The molecule has 3 aromatic heterocycles. The van der Waals surface area contributed by atoms with Gasteiger partial charge in [0.2, 0.25) is 0 Å². The van der Waals surface area contributed by atoms with Gasteiger partial charge in [0.25, 0.3) is 11.8 Å². The first-order valence-electron chi connectivity index (χ1n) is 18.6. The molecule has 0 aliphatic carbocycles. The number of nitrogens with zero attached hydrogens (tertiary/aromatic N) is 4. The van der Waals surface area contributed by atoms with Gasteiger partial charge in [0.1, 0.15) is 0 Å². The standard InChI is InChI=1S/C50H34N4O2/c1-31-29-51-24-22-38(31)36-17-20-41-42-21-18-37(39-23-25-52-30-32(39)2)28-47(42)53(46(41)27-36)44-15-9-14-43-48(44)50(56)54(49(43)55)45-26-35(33-10-5-3-6-11-33)16-19-40(45)34-12-7-4-8-13-34/h3-30H,1-2H3. The summed E-state index contributed by atoms with van der Waals surface area (Å²) in [5.74, 6) is -0.712. The summed E-state index contributed by atoms with van der Waals surface area (Å²) < 4.78 is 2.16. The maximum atomic E-state index is 15.2. The van der Waals surface area contributed by atoms with Crippen LogP contribution in [0.4, 0.5) is 5.69 Å². The molecule has 0 unspecified atom stereocenters. The molecule has 4 heterocycles. The maximum Gasteiger partial charge on any atom is 0.268 e. The minimum Gasteiger partial charge on any atom is -0.308 e. The zero-order valence-electron chi connectivity index (χ0n) is 30.8. The largest absolute Gasteiger partial charge is 0.308 e. The lowest BCUT2D eigenvalue weighted by Gasteiger charge is -2.20. The van der Waals surface area contributed by atoms with E-state index < -0.39 is 0 Å².